The summed E-state index contributed by atoms with van der Waals surface area (Å²) in [6.45, 7) is 2.08. The predicted octanol–water partition coefficient (Wildman–Crippen LogP) is 1.86. The minimum absolute atomic E-state index is 0.467. The van der Waals surface area contributed by atoms with Crippen LogP contribution in [0.2, 0.25) is 0 Å². The third-order valence-corrected chi connectivity index (χ3v) is 3.42. The Morgan fingerprint density at radius 3 is 3.18 bits per heavy atom. The van der Waals surface area contributed by atoms with Crippen LogP contribution < -0.4 is 0 Å². The van der Waals surface area contributed by atoms with Crippen molar-refractivity contribution >= 4 is 0 Å². The van der Waals surface area contributed by atoms with Crippen LogP contribution in [0.4, 0.5) is 0 Å². The Labute approximate surface area is 100 Å². The molecule has 5 heteroatoms. The Morgan fingerprint density at radius 2 is 2.41 bits per heavy atom. The summed E-state index contributed by atoms with van der Waals surface area (Å²) in [5.41, 5.74) is 2.40. The van der Waals surface area contributed by atoms with Crippen molar-refractivity contribution in [2.24, 2.45) is 0 Å². The van der Waals surface area contributed by atoms with Crippen LogP contribution in [0.25, 0.3) is 0 Å². The molecule has 2 N–H and O–H groups in total. The second-order valence-corrected chi connectivity index (χ2v) is 4.57. The quantitative estimate of drug-likeness (QED) is 0.847. The lowest BCUT2D eigenvalue weighted by molar-refractivity contribution is 0.135. The van der Waals surface area contributed by atoms with E-state index in [4.69, 9.17) is 0 Å². The molecule has 2 aromatic rings. The molecule has 90 valence electrons. The molecule has 1 aliphatic rings. The zero-order valence-corrected chi connectivity index (χ0v) is 9.76. The first-order valence-electron chi connectivity index (χ1n) is 6.14. The average Bonchev–Trinajstić information content (AvgIpc) is 3.01. The summed E-state index contributed by atoms with van der Waals surface area (Å²) in [4.78, 5) is 9.74. The number of aromatic nitrogens is 4. The summed E-state index contributed by atoms with van der Waals surface area (Å²) < 4.78 is 0. The van der Waals surface area contributed by atoms with Gasteiger partial charge in [-0.15, -0.1) is 0 Å². The molecule has 0 bridgehead atoms. The van der Waals surface area contributed by atoms with Crippen LogP contribution in [0.15, 0.2) is 24.8 Å². The fourth-order valence-corrected chi connectivity index (χ4v) is 2.57. The highest BCUT2D eigenvalue weighted by molar-refractivity contribution is 5.07. The van der Waals surface area contributed by atoms with Gasteiger partial charge in [0.15, 0.2) is 0 Å². The first-order chi connectivity index (χ1) is 8.43. The Hall–Kier alpha value is -1.62. The molecule has 0 amide bonds. The molecule has 1 saturated heterocycles. The number of aromatic amines is 2. The van der Waals surface area contributed by atoms with Gasteiger partial charge in [0, 0.05) is 24.6 Å². The molecule has 17 heavy (non-hydrogen) atoms. The van der Waals surface area contributed by atoms with Crippen LogP contribution in [0.5, 0.6) is 0 Å². The van der Waals surface area contributed by atoms with Crippen LogP contribution >= 0.6 is 0 Å². The van der Waals surface area contributed by atoms with Gasteiger partial charge < -0.3 is 4.98 Å². The van der Waals surface area contributed by atoms with Gasteiger partial charge in [-0.2, -0.15) is 5.10 Å². The van der Waals surface area contributed by atoms with E-state index in [1.54, 1.807) is 6.33 Å². The van der Waals surface area contributed by atoms with E-state index in [1.807, 2.05) is 12.4 Å². The standard InChI is InChI=1S/C12H17N5/c1-2-6-17(8-10-7-13-9-14-10)12(3-1)11-4-5-15-16-11/h4-5,7,9,12H,1-3,6,8H2,(H,13,14)(H,15,16)/t12-/m1/s1. The molecule has 0 saturated carbocycles. The number of hydrogen-bond donors (Lipinski definition) is 2. The van der Waals surface area contributed by atoms with E-state index in [-0.39, 0.29) is 0 Å². The van der Waals surface area contributed by atoms with E-state index < -0.39 is 0 Å². The highest BCUT2D eigenvalue weighted by Gasteiger charge is 2.25. The zero-order valence-electron chi connectivity index (χ0n) is 9.76. The van der Waals surface area contributed by atoms with Crippen molar-refractivity contribution in [3.63, 3.8) is 0 Å². The molecule has 5 nitrogen and oxygen atoms in total. The van der Waals surface area contributed by atoms with Gasteiger partial charge >= 0.3 is 0 Å². The molecule has 0 aromatic carbocycles. The van der Waals surface area contributed by atoms with Gasteiger partial charge in [0.25, 0.3) is 0 Å². The molecule has 3 rings (SSSR count). The smallest absolute Gasteiger partial charge is 0.0922 e. The summed E-state index contributed by atoms with van der Waals surface area (Å²) in [5, 5.41) is 7.16. The lowest BCUT2D eigenvalue weighted by Gasteiger charge is -2.34. The molecule has 1 atom stereocenters. The van der Waals surface area contributed by atoms with Crippen LogP contribution in [0.1, 0.15) is 36.7 Å². The van der Waals surface area contributed by atoms with Crippen LogP contribution in [0, 0.1) is 0 Å². The topological polar surface area (TPSA) is 60.6 Å². The van der Waals surface area contributed by atoms with Crippen molar-refractivity contribution in [2.75, 3.05) is 6.54 Å². The Morgan fingerprint density at radius 1 is 1.41 bits per heavy atom. The SMILES string of the molecule is c1cc([C@H]2CCCCN2Cc2cnc[nH]2)[nH]n1. The van der Waals surface area contributed by atoms with Crippen LogP contribution in [-0.2, 0) is 6.54 Å². The first-order valence-corrected chi connectivity index (χ1v) is 6.14. The lowest BCUT2D eigenvalue weighted by atomic mass is 9.99. The minimum atomic E-state index is 0.467. The van der Waals surface area contributed by atoms with E-state index >= 15 is 0 Å². The first kappa shape index (κ1) is 10.5. The van der Waals surface area contributed by atoms with Crippen molar-refractivity contribution < 1.29 is 0 Å². The number of likely N-dealkylation sites (tertiary alicyclic amines) is 1. The number of H-pyrrole nitrogens is 2. The van der Waals surface area contributed by atoms with E-state index in [2.05, 4.69) is 31.1 Å². The normalized spacial score (nSPS) is 21.8. The summed E-state index contributed by atoms with van der Waals surface area (Å²) in [7, 11) is 0. The zero-order chi connectivity index (χ0) is 11.5. The van der Waals surface area contributed by atoms with Crippen molar-refractivity contribution in [3.8, 4) is 0 Å². The maximum atomic E-state index is 4.07. The van der Waals surface area contributed by atoms with Crippen molar-refractivity contribution in [1.29, 1.82) is 0 Å². The van der Waals surface area contributed by atoms with Crippen molar-refractivity contribution in [1.82, 2.24) is 25.1 Å². The van der Waals surface area contributed by atoms with Crippen molar-refractivity contribution in [2.45, 2.75) is 31.8 Å². The number of imidazole rings is 1. The number of rotatable bonds is 3. The fraction of sp³-hybridized carbons (Fsp3) is 0.500. The largest absolute Gasteiger partial charge is 0.347 e. The maximum Gasteiger partial charge on any atom is 0.0922 e. The second-order valence-electron chi connectivity index (χ2n) is 4.57. The van der Waals surface area contributed by atoms with Gasteiger partial charge in [0.2, 0.25) is 0 Å². The summed E-state index contributed by atoms with van der Waals surface area (Å²) in [6, 6.07) is 2.55. The van der Waals surface area contributed by atoms with Gasteiger partial charge in [0.1, 0.15) is 0 Å². The molecule has 0 spiro atoms. The molecule has 1 aliphatic heterocycles. The summed E-state index contributed by atoms with van der Waals surface area (Å²) >= 11 is 0. The van der Waals surface area contributed by atoms with Crippen molar-refractivity contribution in [3.05, 3.63) is 36.2 Å². The van der Waals surface area contributed by atoms with Gasteiger partial charge in [0.05, 0.1) is 18.1 Å². The molecule has 0 radical (unpaired) electrons. The lowest BCUT2D eigenvalue weighted by Crippen LogP contribution is -2.33. The van der Waals surface area contributed by atoms with E-state index in [9.17, 15) is 0 Å². The minimum Gasteiger partial charge on any atom is -0.347 e. The Bertz CT molecular complexity index is 433. The monoisotopic (exact) mass is 231 g/mol. The summed E-state index contributed by atoms with van der Waals surface area (Å²) in [5.74, 6) is 0. The van der Waals surface area contributed by atoms with E-state index in [0.29, 0.717) is 6.04 Å². The van der Waals surface area contributed by atoms with Gasteiger partial charge in [-0.25, -0.2) is 4.98 Å². The number of nitrogens with one attached hydrogen (secondary N) is 2. The molecule has 0 unspecified atom stereocenters. The third-order valence-electron chi connectivity index (χ3n) is 3.42. The highest BCUT2D eigenvalue weighted by Crippen LogP contribution is 2.30. The Kier molecular flexibility index (Phi) is 2.92. The molecule has 3 heterocycles. The fourth-order valence-electron chi connectivity index (χ4n) is 2.57. The predicted molar refractivity (Wildman–Crippen MR) is 64.2 cm³/mol. The molecule has 2 aromatic heterocycles. The van der Waals surface area contributed by atoms with Crippen LogP contribution in [0.3, 0.4) is 0 Å². The van der Waals surface area contributed by atoms with Gasteiger partial charge in [-0.1, -0.05) is 6.42 Å². The molecule has 1 fully saturated rings. The van der Waals surface area contributed by atoms with Crippen LogP contribution in [-0.4, -0.2) is 31.6 Å². The van der Waals surface area contributed by atoms with E-state index in [0.717, 1.165) is 13.1 Å². The molecular formula is C12H17N5. The highest BCUT2D eigenvalue weighted by atomic mass is 15.2. The van der Waals surface area contributed by atoms with Gasteiger partial charge in [-0.05, 0) is 25.5 Å². The molecule has 0 aliphatic carbocycles. The van der Waals surface area contributed by atoms with Gasteiger partial charge in [-0.3, -0.25) is 10.00 Å². The molecular weight excluding hydrogens is 214 g/mol. The second kappa shape index (κ2) is 4.71. The maximum absolute atomic E-state index is 4.07. The number of hydrogen-bond acceptors (Lipinski definition) is 3. The number of piperidine rings is 1. The Balaban J connectivity index is 1.76. The number of nitrogens with zero attached hydrogens (tertiary/aromatic N) is 3. The van der Waals surface area contributed by atoms with E-state index in [1.165, 1.54) is 30.7 Å². The average molecular weight is 231 g/mol. The summed E-state index contributed by atoms with van der Waals surface area (Å²) in [6.07, 6.45) is 9.25. The third kappa shape index (κ3) is 2.24.